The first-order chi connectivity index (χ1) is 15.4. The summed E-state index contributed by atoms with van der Waals surface area (Å²) < 4.78 is 5.42. The number of piperidine rings is 1. The molecule has 0 amide bonds. The van der Waals surface area contributed by atoms with Gasteiger partial charge >= 0.3 is 5.97 Å². The zero-order valence-corrected chi connectivity index (χ0v) is 18.5. The highest BCUT2D eigenvalue weighted by Crippen LogP contribution is 2.32. The van der Waals surface area contributed by atoms with Crippen molar-refractivity contribution in [1.29, 1.82) is 0 Å². The van der Waals surface area contributed by atoms with E-state index >= 15 is 0 Å². The van der Waals surface area contributed by atoms with Crippen LogP contribution in [0.15, 0.2) is 47.0 Å². The molecule has 0 spiro atoms. The monoisotopic (exact) mass is 435 g/mol. The number of aromatic nitrogens is 2. The fourth-order valence-corrected chi connectivity index (χ4v) is 4.07. The summed E-state index contributed by atoms with van der Waals surface area (Å²) in [7, 11) is 0. The average Bonchev–Trinajstić information content (AvgIpc) is 3.28. The summed E-state index contributed by atoms with van der Waals surface area (Å²) >= 11 is 0. The van der Waals surface area contributed by atoms with Crippen LogP contribution in [-0.4, -0.2) is 44.3 Å². The van der Waals surface area contributed by atoms with Crippen molar-refractivity contribution in [3.05, 3.63) is 53.6 Å². The molecule has 4 rings (SSSR count). The molecule has 0 unspecified atom stereocenters. The van der Waals surface area contributed by atoms with Crippen molar-refractivity contribution in [3.63, 3.8) is 0 Å². The molecule has 0 saturated carbocycles. The SMILES string of the molecule is CCCc1ccc(-c2nc(-c3ccc(CN4CCC(C)(C(=O)O)CC4)cc3)no2)cc1O. The van der Waals surface area contributed by atoms with Crippen LogP contribution in [0.3, 0.4) is 0 Å². The third kappa shape index (κ3) is 4.67. The minimum Gasteiger partial charge on any atom is -0.508 e. The summed E-state index contributed by atoms with van der Waals surface area (Å²) in [4.78, 5) is 18.2. The molecule has 2 N–H and O–H groups in total. The molecule has 2 heterocycles. The molecule has 1 aliphatic heterocycles. The van der Waals surface area contributed by atoms with Crippen molar-refractivity contribution in [2.45, 2.75) is 46.1 Å². The van der Waals surface area contributed by atoms with Crippen molar-refractivity contribution in [1.82, 2.24) is 15.0 Å². The summed E-state index contributed by atoms with van der Waals surface area (Å²) in [6.45, 7) is 6.26. The highest BCUT2D eigenvalue weighted by atomic mass is 16.5. The zero-order chi connectivity index (χ0) is 22.7. The smallest absolute Gasteiger partial charge is 0.309 e. The normalized spacial score (nSPS) is 16.2. The number of rotatable bonds is 7. The van der Waals surface area contributed by atoms with Crippen LogP contribution in [0, 0.1) is 5.41 Å². The molecule has 2 aromatic carbocycles. The minimum absolute atomic E-state index is 0.245. The Balaban J connectivity index is 1.40. The lowest BCUT2D eigenvalue weighted by Gasteiger charge is -2.36. The van der Waals surface area contributed by atoms with Gasteiger partial charge in [-0.05, 0) is 62.5 Å². The number of aliphatic carboxylic acids is 1. The Morgan fingerprint density at radius 1 is 1.12 bits per heavy atom. The number of carboxylic acid groups (broad SMARTS) is 1. The topological polar surface area (TPSA) is 99.7 Å². The lowest BCUT2D eigenvalue weighted by molar-refractivity contribution is -0.150. The molecule has 0 aliphatic carbocycles. The van der Waals surface area contributed by atoms with E-state index in [-0.39, 0.29) is 5.75 Å². The van der Waals surface area contributed by atoms with Crippen LogP contribution >= 0.6 is 0 Å². The maximum atomic E-state index is 11.4. The Kier molecular flexibility index (Phi) is 6.28. The van der Waals surface area contributed by atoms with Crippen LogP contribution in [0.2, 0.25) is 0 Å². The second-order valence-corrected chi connectivity index (χ2v) is 8.86. The van der Waals surface area contributed by atoms with Gasteiger partial charge in [-0.3, -0.25) is 9.69 Å². The van der Waals surface area contributed by atoms with E-state index in [1.807, 2.05) is 43.3 Å². The Morgan fingerprint density at radius 3 is 2.44 bits per heavy atom. The number of hydrogen-bond acceptors (Lipinski definition) is 6. The van der Waals surface area contributed by atoms with Gasteiger partial charge in [-0.25, -0.2) is 0 Å². The van der Waals surface area contributed by atoms with Gasteiger partial charge in [0.05, 0.1) is 5.41 Å². The molecule has 0 bridgehead atoms. The number of phenolic OH excluding ortho intramolecular Hbond substituents is 1. The van der Waals surface area contributed by atoms with Crippen molar-refractivity contribution >= 4 is 5.97 Å². The van der Waals surface area contributed by atoms with Crippen LogP contribution in [0.1, 0.15) is 44.2 Å². The molecule has 1 aromatic heterocycles. The summed E-state index contributed by atoms with van der Waals surface area (Å²) in [6.07, 6.45) is 3.12. The molecule has 3 aromatic rings. The molecule has 7 heteroatoms. The first kappa shape index (κ1) is 22.0. The average molecular weight is 436 g/mol. The summed E-state index contributed by atoms with van der Waals surface area (Å²) in [5.41, 5.74) is 3.01. The third-order valence-electron chi connectivity index (χ3n) is 6.37. The van der Waals surface area contributed by atoms with Gasteiger partial charge in [0.2, 0.25) is 5.82 Å². The fourth-order valence-electron chi connectivity index (χ4n) is 4.07. The van der Waals surface area contributed by atoms with E-state index in [4.69, 9.17) is 4.52 Å². The number of carboxylic acids is 1. The molecule has 1 fully saturated rings. The molecule has 168 valence electrons. The Hall–Kier alpha value is -3.19. The van der Waals surface area contributed by atoms with E-state index in [1.54, 1.807) is 6.07 Å². The Labute approximate surface area is 187 Å². The summed E-state index contributed by atoms with van der Waals surface area (Å²) in [5, 5.41) is 23.7. The largest absolute Gasteiger partial charge is 0.508 e. The van der Waals surface area contributed by atoms with E-state index in [0.717, 1.165) is 49.2 Å². The van der Waals surface area contributed by atoms with Crippen molar-refractivity contribution < 1.29 is 19.5 Å². The first-order valence-corrected chi connectivity index (χ1v) is 11.1. The third-order valence-corrected chi connectivity index (χ3v) is 6.37. The van der Waals surface area contributed by atoms with E-state index in [2.05, 4.69) is 22.0 Å². The maximum absolute atomic E-state index is 11.4. The van der Waals surface area contributed by atoms with Crippen LogP contribution in [0.25, 0.3) is 22.8 Å². The minimum atomic E-state index is -0.701. The molecule has 32 heavy (non-hydrogen) atoms. The number of benzene rings is 2. The van der Waals surface area contributed by atoms with Crippen LogP contribution in [0.4, 0.5) is 0 Å². The second kappa shape index (κ2) is 9.12. The van der Waals surface area contributed by atoms with E-state index in [1.165, 1.54) is 0 Å². The molecule has 0 radical (unpaired) electrons. The van der Waals surface area contributed by atoms with Gasteiger partial charge in [-0.15, -0.1) is 0 Å². The number of likely N-dealkylation sites (tertiary alicyclic amines) is 1. The van der Waals surface area contributed by atoms with E-state index < -0.39 is 11.4 Å². The lowest BCUT2D eigenvalue weighted by atomic mass is 9.80. The Morgan fingerprint density at radius 2 is 1.81 bits per heavy atom. The highest BCUT2D eigenvalue weighted by Gasteiger charge is 2.36. The van der Waals surface area contributed by atoms with Crippen LogP contribution in [0.5, 0.6) is 5.75 Å². The van der Waals surface area contributed by atoms with Gasteiger partial charge in [-0.2, -0.15) is 4.98 Å². The molecule has 1 aliphatic rings. The van der Waals surface area contributed by atoms with Crippen molar-refractivity contribution in [2.24, 2.45) is 5.41 Å². The maximum Gasteiger partial charge on any atom is 0.309 e. The molecule has 0 atom stereocenters. The number of hydrogen-bond donors (Lipinski definition) is 2. The summed E-state index contributed by atoms with van der Waals surface area (Å²) in [6, 6.07) is 13.5. The number of phenols is 1. The number of nitrogens with zero attached hydrogens (tertiary/aromatic N) is 3. The van der Waals surface area contributed by atoms with Gasteiger partial charge in [0.25, 0.3) is 5.89 Å². The van der Waals surface area contributed by atoms with Crippen LogP contribution in [-0.2, 0) is 17.8 Å². The van der Waals surface area contributed by atoms with E-state index in [0.29, 0.717) is 30.1 Å². The van der Waals surface area contributed by atoms with E-state index in [9.17, 15) is 15.0 Å². The van der Waals surface area contributed by atoms with Gasteiger partial charge in [0.1, 0.15) is 5.75 Å². The second-order valence-electron chi connectivity index (χ2n) is 8.86. The predicted molar refractivity (Wildman–Crippen MR) is 121 cm³/mol. The molecular weight excluding hydrogens is 406 g/mol. The standard InChI is InChI=1S/C25H29N3O4/c1-3-4-18-9-10-20(15-21(18)29)23-26-22(27-32-23)19-7-5-17(6-8-19)16-28-13-11-25(2,12-14-28)24(30)31/h5-10,15,29H,3-4,11-14,16H2,1-2H3,(H,30,31). The van der Waals surface area contributed by atoms with Gasteiger partial charge in [-0.1, -0.05) is 48.8 Å². The predicted octanol–water partition coefficient (Wildman–Crippen LogP) is 4.75. The molecule has 7 nitrogen and oxygen atoms in total. The van der Waals surface area contributed by atoms with Gasteiger partial charge < -0.3 is 14.7 Å². The molecule has 1 saturated heterocycles. The highest BCUT2D eigenvalue weighted by molar-refractivity contribution is 5.74. The first-order valence-electron chi connectivity index (χ1n) is 11.1. The van der Waals surface area contributed by atoms with Crippen molar-refractivity contribution in [2.75, 3.05) is 13.1 Å². The zero-order valence-electron chi connectivity index (χ0n) is 18.5. The van der Waals surface area contributed by atoms with Crippen molar-refractivity contribution in [3.8, 4) is 28.6 Å². The lowest BCUT2D eigenvalue weighted by Crippen LogP contribution is -2.42. The van der Waals surface area contributed by atoms with Gasteiger partial charge in [0, 0.05) is 17.7 Å². The quantitative estimate of drug-likeness (QED) is 0.552. The Bertz CT molecular complexity index is 1080. The molecular formula is C25H29N3O4. The number of carbonyl (C=O) groups is 1. The van der Waals surface area contributed by atoms with Gasteiger partial charge in [0.15, 0.2) is 0 Å². The fraction of sp³-hybridized carbons (Fsp3) is 0.400. The number of aromatic hydroxyl groups is 1. The number of aryl methyl sites for hydroxylation is 1. The summed E-state index contributed by atoms with van der Waals surface area (Å²) in [5.74, 6) is 0.416. The van der Waals surface area contributed by atoms with Crippen LogP contribution < -0.4 is 0 Å².